The summed E-state index contributed by atoms with van der Waals surface area (Å²) in [7, 11) is 0. The summed E-state index contributed by atoms with van der Waals surface area (Å²) in [6.07, 6.45) is 0.796. The number of hydrogen-bond acceptors (Lipinski definition) is 2. The molecule has 0 spiro atoms. The molecule has 0 saturated carbocycles. The largest absolute Gasteiger partial charge is 0.397 e. The third-order valence-electron chi connectivity index (χ3n) is 3.30. The Morgan fingerprint density at radius 2 is 1.89 bits per heavy atom. The second-order valence-electron chi connectivity index (χ2n) is 4.50. The Labute approximate surface area is 114 Å². The second kappa shape index (κ2) is 4.38. The number of hydrogen-bond donors (Lipinski definition) is 1. The lowest BCUT2D eigenvalue weighted by atomic mass is 10.1. The molecule has 0 amide bonds. The Morgan fingerprint density at radius 3 is 2.68 bits per heavy atom. The second-order valence-corrected chi connectivity index (χ2v) is 4.91. The quantitative estimate of drug-likeness (QED) is 0.803. The molecule has 1 aliphatic rings. The summed E-state index contributed by atoms with van der Waals surface area (Å²) >= 11 is 5.79. The maximum absolute atomic E-state index is 13.4. The van der Waals surface area contributed by atoms with E-state index in [9.17, 15) is 8.78 Å². The van der Waals surface area contributed by atoms with Crippen LogP contribution < -0.4 is 10.6 Å². The van der Waals surface area contributed by atoms with Gasteiger partial charge >= 0.3 is 0 Å². The molecule has 0 aromatic heterocycles. The van der Waals surface area contributed by atoms with Crippen LogP contribution in [0.5, 0.6) is 0 Å². The van der Waals surface area contributed by atoms with E-state index in [1.54, 1.807) is 6.07 Å². The van der Waals surface area contributed by atoms with E-state index in [2.05, 4.69) is 0 Å². The number of nitrogens with two attached hydrogens (primary N) is 1. The van der Waals surface area contributed by atoms with Gasteiger partial charge in [0.1, 0.15) is 11.6 Å². The van der Waals surface area contributed by atoms with E-state index in [4.69, 9.17) is 17.3 Å². The number of anilines is 3. The summed E-state index contributed by atoms with van der Waals surface area (Å²) in [6, 6.07) is 7.32. The van der Waals surface area contributed by atoms with E-state index >= 15 is 0 Å². The van der Waals surface area contributed by atoms with Gasteiger partial charge in [-0.1, -0.05) is 17.7 Å². The Bertz CT molecular complexity index is 658. The number of nitrogen functional groups attached to an aromatic ring is 1. The Morgan fingerprint density at radius 1 is 1.11 bits per heavy atom. The minimum atomic E-state index is -0.554. The summed E-state index contributed by atoms with van der Waals surface area (Å²) < 4.78 is 26.7. The van der Waals surface area contributed by atoms with Gasteiger partial charge < -0.3 is 10.6 Å². The fraction of sp³-hybridized carbons (Fsp3) is 0.143. The van der Waals surface area contributed by atoms with Crippen molar-refractivity contribution in [2.45, 2.75) is 6.42 Å². The van der Waals surface area contributed by atoms with Crippen LogP contribution in [0.4, 0.5) is 25.8 Å². The van der Waals surface area contributed by atoms with Gasteiger partial charge in [0.05, 0.1) is 16.4 Å². The number of rotatable bonds is 1. The van der Waals surface area contributed by atoms with Crippen molar-refractivity contribution in [3.05, 3.63) is 52.6 Å². The Kier molecular flexibility index (Phi) is 2.82. The van der Waals surface area contributed by atoms with Crippen molar-refractivity contribution in [2.24, 2.45) is 0 Å². The SMILES string of the molecule is Nc1cc(F)c(Cl)cc1N1CCc2ccc(F)cc21. The Balaban J connectivity index is 2.11. The summed E-state index contributed by atoms with van der Waals surface area (Å²) in [5.41, 5.74) is 8.53. The van der Waals surface area contributed by atoms with Crippen LogP contribution in [0.1, 0.15) is 5.56 Å². The van der Waals surface area contributed by atoms with Gasteiger partial charge in [0.2, 0.25) is 0 Å². The van der Waals surface area contributed by atoms with Gasteiger partial charge in [-0.15, -0.1) is 0 Å². The zero-order valence-electron chi connectivity index (χ0n) is 9.96. The summed E-state index contributed by atoms with van der Waals surface area (Å²) in [5.74, 6) is -0.862. The monoisotopic (exact) mass is 280 g/mol. The predicted octanol–water partition coefficient (Wildman–Crippen LogP) is 3.89. The highest BCUT2D eigenvalue weighted by Crippen LogP contribution is 2.39. The molecule has 0 atom stereocenters. The molecule has 0 unspecified atom stereocenters. The van der Waals surface area contributed by atoms with Crippen molar-refractivity contribution in [1.82, 2.24) is 0 Å². The molecule has 1 heterocycles. The molecule has 0 aliphatic carbocycles. The molecule has 2 N–H and O–H groups in total. The van der Waals surface area contributed by atoms with Gasteiger partial charge in [-0.25, -0.2) is 8.78 Å². The molecule has 1 aliphatic heterocycles. The van der Waals surface area contributed by atoms with Crippen molar-refractivity contribution < 1.29 is 8.78 Å². The zero-order valence-corrected chi connectivity index (χ0v) is 10.7. The van der Waals surface area contributed by atoms with Crippen LogP contribution in [-0.2, 0) is 6.42 Å². The molecular weight excluding hydrogens is 270 g/mol. The average molecular weight is 281 g/mol. The molecule has 19 heavy (non-hydrogen) atoms. The third kappa shape index (κ3) is 2.02. The highest BCUT2D eigenvalue weighted by molar-refractivity contribution is 6.31. The molecule has 98 valence electrons. The fourth-order valence-corrected chi connectivity index (χ4v) is 2.55. The van der Waals surface area contributed by atoms with Crippen molar-refractivity contribution >= 4 is 28.7 Å². The highest BCUT2D eigenvalue weighted by Gasteiger charge is 2.23. The smallest absolute Gasteiger partial charge is 0.143 e. The van der Waals surface area contributed by atoms with E-state index in [0.29, 0.717) is 17.9 Å². The molecular formula is C14H11ClF2N2. The van der Waals surface area contributed by atoms with E-state index in [0.717, 1.165) is 17.7 Å². The summed E-state index contributed by atoms with van der Waals surface area (Å²) in [5, 5.41) is 0.00838. The number of halogens is 3. The predicted molar refractivity (Wildman–Crippen MR) is 72.9 cm³/mol. The van der Waals surface area contributed by atoms with Gasteiger partial charge in [0, 0.05) is 18.3 Å². The van der Waals surface area contributed by atoms with Crippen molar-refractivity contribution in [3.8, 4) is 0 Å². The molecule has 0 saturated heterocycles. The van der Waals surface area contributed by atoms with E-state index < -0.39 is 5.82 Å². The lowest BCUT2D eigenvalue weighted by Crippen LogP contribution is -2.15. The lowest BCUT2D eigenvalue weighted by molar-refractivity contribution is 0.627. The first-order chi connectivity index (χ1) is 9.06. The fourth-order valence-electron chi connectivity index (χ4n) is 2.39. The molecule has 2 aromatic carbocycles. The normalized spacial score (nSPS) is 13.7. The maximum Gasteiger partial charge on any atom is 0.143 e. The van der Waals surface area contributed by atoms with Gasteiger partial charge in [-0.3, -0.25) is 0 Å². The number of fused-ring (bicyclic) bond motifs is 1. The maximum atomic E-state index is 13.4. The topological polar surface area (TPSA) is 29.3 Å². The zero-order chi connectivity index (χ0) is 13.6. The van der Waals surface area contributed by atoms with Crippen LogP contribution in [-0.4, -0.2) is 6.54 Å². The summed E-state index contributed by atoms with van der Waals surface area (Å²) in [4.78, 5) is 1.86. The molecule has 0 fully saturated rings. The van der Waals surface area contributed by atoms with Crippen molar-refractivity contribution in [1.29, 1.82) is 0 Å². The van der Waals surface area contributed by atoms with Gasteiger partial charge in [-0.05, 0) is 30.2 Å². The van der Waals surface area contributed by atoms with Crippen molar-refractivity contribution in [2.75, 3.05) is 17.2 Å². The first-order valence-corrected chi connectivity index (χ1v) is 6.24. The Hall–Kier alpha value is -1.81. The van der Waals surface area contributed by atoms with Crippen molar-refractivity contribution in [3.63, 3.8) is 0 Å². The minimum Gasteiger partial charge on any atom is -0.397 e. The molecule has 3 rings (SSSR count). The van der Waals surface area contributed by atoms with E-state index in [1.807, 2.05) is 4.90 Å². The number of benzene rings is 2. The standard InChI is InChI=1S/C14H11ClF2N2/c15-10-6-14(12(18)7-11(10)17)19-4-3-8-1-2-9(16)5-13(8)19/h1-2,5-7H,3-4,18H2. The van der Waals surface area contributed by atoms with Gasteiger partial charge in [0.15, 0.2) is 0 Å². The van der Waals surface area contributed by atoms with Gasteiger partial charge in [0.25, 0.3) is 0 Å². The van der Waals surface area contributed by atoms with E-state index in [-0.39, 0.29) is 10.8 Å². The van der Waals surface area contributed by atoms with Crippen LogP contribution in [0, 0.1) is 11.6 Å². The molecule has 2 aromatic rings. The molecule has 2 nitrogen and oxygen atoms in total. The van der Waals surface area contributed by atoms with Crippen LogP contribution in [0.2, 0.25) is 5.02 Å². The first-order valence-electron chi connectivity index (χ1n) is 5.87. The van der Waals surface area contributed by atoms with Crippen LogP contribution in [0.15, 0.2) is 30.3 Å². The first kappa shape index (κ1) is 12.2. The molecule has 0 radical (unpaired) electrons. The minimum absolute atomic E-state index is 0.00838. The molecule has 0 bridgehead atoms. The number of nitrogens with zero attached hydrogens (tertiary/aromatic N) is 1. The van der Waals surface area contributed by atoms with Crippen LogP contribution >= 0.6 is 11.6 Å². The van der Waals surface area contributed by atoms with Crippen LogP contribution in [0.3, 0.4) is 0 Å². The van der Waals surface area contributed by atoms with Gasteiger partial charge in [-0.2, -0.15) is 0 Å². The highest BCUT2D eigenvalue weighted by atomic mass is 35.5. The molecule has 5 heteroatoms. The van der Waals surface area contributed by atoms with Crippen LogP contribution in [0.25, 0.3) is 0 Å². The summed E-state index contributed by atoms with van der Waals surface area (Å²) in [6.45, 7) is 0.672. The third-order valence-corrected chi connectivity index (χ3v) is 3.59. The van der Waals surface area contributed by atoms with E-state index in [1.165, 1.54) is 24.3 Å². The lowest BCUT2D eigenvalue weighted by Gasteiger charge is -2.21. The average Bonchev–Trinajstić information content (AvgIpc) is 2.76.